The Morgan fingerprint density at radius 1 is 0.491 bits per heavy atom. The first-order valence-electron chi connectivity index (χ1n) is 30.3. The molecule has 0 radical (unpaired) electrons. The Bertz CT molecular complexity index is 2800. The van der Waals surface area contributed by atoms with E-state index in [1.165, 1.54) is 135 Å². The van der Waals surface area contributed by atoms with Gasteiger partial charge in [-0.3, -0.25) is 50.7 Å². The van der Waals surface area contributed by atoms with E-state index in [-0.39, 0.29) is 40.2 Å². The number of amides is 2. The van der Waals surface area contributed by atoms with Crippen molar-refractivity contribution in [2.75, 3.05) is 216 Å². The van der Waals surface area contributed by atoms with Crippen molar-refractivity contribution in [1.82, 2.24) is 38.5 Å². The Labute approximate surface area is 734 Å². The summed E-state index contributed by atoms with van der Waals surface area (Å²) in [5.74, 6) is -2.10. The monoisotopic (exact) mass is 1960 g/mol. The summed E-state index contributed by atoms with van der Waals surface area (Å²) >= 11 is 24.8. The molecule has 0 rings (SSSR count). The zero-order valence-corrected chi connectivity index (χ0v) is 89.3. The number of esters is 2. The van der Waals surface area contributed by atoms with Crippen LogP contribution in [-0.4, -0.2) is 361 Å². The van der Waals surface area contributed by atoms with Gasteiger partial charge in [-0.1, -0.05) is 60.6 Å². The van der Waals surface area contributed by atoms with Crippen LogP contribution in [0.15, 0.2) is 0 Å². The minimum absolute atomic E-state index is 0.00463. The molecule has 2 amide bonds. The van der Waals surface area contributed by atoms with Crippen LogP contribution in [0.3, 0.4) is 0 Å². The van der Waals surface area contributed by atoms with Crippen LogP contribution < -0.4 is 20.1 Å². The highest BCUT2D eigenvalue weighted by Gasteiger charge is 2.09. The van der Waals surface area contributed by atoms with Crippen LogP contribution in [0.4, 0.5) is 0 Å². The van der Waals surface area contributed by atoms with E-state index in [9.17, 15) is 98.2 Å². The molecule has 0 saturated heterocycles. The van der Waals surface area contributed by atoms with Crippen molar-refractivity contribution in [3.63, 3.8) is 0 Å². The number of thioether (sulfide) groups is 2. The smallest absolute Gasteiger partial charge is 0.374 e. The Kier molecular flexibility index (Phi) is 169. The Balaban J connectivity index is -0.0000000420. The molecule has 0 fully saturated rings. The van der Waals surface area contributed by atoms with E-state index in [1.54, 1.807) is 111 Å². The largest absolute Gasteiger partial charge is 0.491 e. The number of rotatable bonds is 10. The highest BCUT2D eigenvalue weighted by atomic mass is 32.2. The minimum atomic E-state index is -3.16. The second-order valence-electron chi connectivity index (χ2n) is 20.1. The second kappa shape index (κ2) is 116. The van der Waals surface area contributed by atoms with E-state index in [1.807, 2.05) is 66.9 Å². The number of ether oxygens (including phenoxy) is 3. The van der Waals surface area contributed by atoms with Gasteiger partial charge in [-0.15, -0.1) is 11.8 Å². The van der Waals surface area contributed by atoms with E-state index in [4.69, 9.17) is 12.2 Å². The summed E-state index contributed by atoms with van der Waals surface area (Å²) in [5, 5.41) is 5.91. The number of thiocarbonyl (C=S) groups is 5. The van der Waals surface area contributed by atoms with Gasteiger partial charge in [0, 0.05) is 191 Å². The summed E-state index contributed by atoms with van der Waals surface area (Å²) in [6, 6.07) is 0. The highest BCUT2D eigenvalue weighted by molar-refractivity contribution is 8.22. The molecule has 4 N–H and O–H groups in total. The molecule has 0 spiro atoms. The SMILES string of the molecule is CC(=O)C(C)=O.CC(=O)N(C)C.CC(=S)N(C)C.CC(C)=O.CC(C)=S.CN(C)S(C)(=O)=O.CN(C)S(C)=O.CNC(C)=O.CNC(C)=S.CNS(C)(=O)=O.CNS(C)=O.COC(=O)C(C)=O.COC(C)=O.COC(C)=S.COP(C)(=O)OC.COS(C)(=O)=O.COS(C)=O.CS(C)(=O)=O.CS(C)=O.CSC(C)=O.CSC(C)=S. The predicted octanol–water partition coefficient (Wildman–Crippen LogP) is 5.24. The fourth-order valence-corrected chi connectivity index (χ4v) is 0.367. The van der Waals surface area contributed by atoms with Crippen molar-refractivity contribution in [3.8, 4) is 0 Å². The van der Waals surface area contributed by atoms with E-state index < -0.39 is 103 Å². The Hall–Kier alpha value is -2.91. The number of Topliss-reactive ketones (excluding diaryl/α,β-unsaturated/α-hetero) is 4. The zero-order chi connectivity index (χ0) is 98.4. The van der Waals surface area contributed by atoms with Crippen LogP contribution >= 0.6 is 92.2 Å². The first-order valence-corrected chi connectivity index (χ1v) is 51.1. The maximum absolute atomic E-state index is 10.5. The maximum atomic E-state index is 10.5. The van der Waals surface area contributed by atoms with Crippen LogP contribution in [-0.2, 0) is 163 Å². The van der Waals surface area contributed by atoms with Crippen molar-refractivity contribution in [3.05, 3.63) is 0 Å². The summed E-state index contributed by atoms with van der Waals surface area (Å²) in [5.41, 5.74) is 0. The van der Waals surface area contributed by atoms with Crippen molar-refractivity contribution < 1.29 is 130 Å². The lowest BCUT2D eigenvalue weighted by atomic mass is 10.3. The average molecular weight is 1970 g/mol. The van der Waals surface area contributed by atoms with Crippen molar-refractivity contribution in [2.24, 2.45) is 0 Å². The van der Waals surface area contributed by atoms with E-state index in [0.29, 0.717) is 5.05 Å². The third kappa shape index (κ3) is 452. The molecule has 0 aromatic rings. The molecular weight excluding hydrogens is 1820 g/mol. The lowest BCUT2D eigenvalue weighted by molar-refractivity contribution is -0.150. The summed E-state index contributed by atoms with van der Waals surface area (Å²) in [4.78, 5) is 94.2. The van der Waals surface area contributed by atoms with Crippen molar-refractivity contribution in [1.29, 1.82) is 0 Å². The standard InChI is InChI=1S/C4H9NO.C4H9NS.C4H6O3.C4H6O2.C3H9NO2S.C3H9NOS.C3H7NO.C3H7NS.C3H9O3P.C3H6O2.2C3H6OS.C3H6O.C3H6S2.C3H6S.C2H7NO2S.C2H7NOS.C2H6O3S.2C2H6O2S.C2H6OS/c2*1-4(6)5(2)3;1-3(5)4(6)7-2;1-3(5)4(2)6;1-4(2)7(3,5)6;1-4(2)6(3)5;2*1-3(5)4-2;1-5-7(3,4)6-2;2*1-3(4)5-2;1-3(5)4-2;1-3(2)4;1-3(4)5-2;1-3(2)4;1-3-6(2,4)5;1-3-5(2)4;1-5-6(2,3)4;1-5(2,3)4;1-4-5(2)3;1-4(2)3/h2*1-3H3;1-2H3;1-2H3;1-3H3;1-3H3;2*1-2H3,(H,4,5);1-3H3;3*1-2H3;1-2H3;1-2H3;1-2H3;3H,1-2H3;3H,1-2H3;1-2H3;2*1-2H3;1-2H3. The zero-order valence-electron chi connectivity index (χ0n) is 76.2. The van der Waals surface area contributed by atoms with E-state index >= 15 is 0 Å². The normalized spacial score (nSPS) is 9.67. The molecule has 0 aromatic carbocycles. The third-order valence-corrected chi connectivity index (χ3v) is 15.6. The number of hydrogen-bond donors (Lipinski definition) is 4. The van der Waals surface area contributed by atoms with Gasteiger partial charge in [0.2, 0.25) is 37.6 Å². The quantitative estimate of drug-likeness (QED) is 0.0714. The molecule has 0 heterocycles. The number of nitrogens with zero attached hydrogens (tertiary/aromatic N) is 4. The van der Waals surface area contributed by atoms with Crippen molar-refractivity contribution >= 4 is 252 Å². The van der Waals surface area contributed by atoms with Crippen LogP contribution in [0.5, 0.6) is 0 Å². The number of sulfone groups is 1. The molecule has 37 nitrogen and oxygen atoms in total. The third-order valence-electron chi connectivity index (χ3n) is 7.12. The van der Waals surface area contributed by atoms with Crippen LogP contribution in [0.2, 0.25) is 0 Å². The number of ketones is 4. The maximum Gasteiger partial charge on any atom is 0.374 e. The Morgan fingerprint density at radius 3 is 0.667 bits per heavy atom. The average Bonchev–Trinajstić information content (AvgIpc) is 0.960. The molecule has 0 aliphatic rings. The number of hydrogen-bond acceptors (Lipinski definition) is 36. The molecule has 114 heavy (non-hydrogen) atoms. The number of sulfonamides is 2. The van der Waals surface area contributed by atoms with Gasteiger partial charge >= 0.3 is 19.5 Å². The van der Waals surface area contributed by atoms with Gasteiger partial charge in [-0.25, -0.2) is 60.7 Å². The molecule has 698 valence electrons. The molecule has 3 unspecified atom stereocenters. The number of nitrogens with one attached hydrogen (secondary N) is 4. The van der Waals surface area contributed by atoms with Gasteiger partial charge in [0.1, 0.15) is 15.6 Å². The molecule has 0 aliphatic carbocycles. The van der Waals surface area contributed by atoms with Crippen LogP contribution in [0, 0.1) is 0 Å². The van der Waals surface area contributed by atoms with E-state index in [0.717, 1.165) is 68.7 Å². The molecule has 0 aliphatic heterocycles. The van der Waals surface area contributed by atoms with Gasteiger partial charge in [0.15, 0.2) is 32.8 Å². The molecule has 3 atom stereocenters. The fraction of sp³-hybridized carbons (Fsp3) is 0.770. The first kappa shape index (κ1) is 166. The van der Waals surface area contributed by atoms with Gasteiger partial charge in [0.25, 0.3) is 10.1 Å². The lowest BCUT2D eigenvalue weighted by Crippen LogP contribution is -2.19. The first-order chi connectivity index (χ1) is 50.3. The number of carbonyl (C=O) groups excluding carboxylic acids is 9. The molecular formula is C61H145N8O29PS15. The minimum Gasteiger partial charge on any atom is -0.491 e. The fourth-order valence-electron chi connectivity index (χ4n) is 0.218. The molecule has 53 heteroatoms. The second-order valence-corrected chi connectivity index (χ2v) is 41.5. The summed E-state index contributed by atoms with van der Waals surface area (Å²) in [6.45, 7) is 25.2. The molecule has 0 bridgehead atoms. The summed E-state index contributed by atoms with van der Waals surface area (Å²) in [6.07, 6.45) is 17.3. The topological polar surface area (TPSA) is 501 Å². The van der Waals surface area contributed by atoms with Gasteiger partial charge < -0.3 is 48.5 Å². The summed E-state index contributed by atoms with van der Waals surface area (Å²) < 4.78 is 167. The van der Waals surface area contributed by atoms with Gasteiger partial charge in [0.05, 0.1) is 86.3 Å². The van der Waals surface area contributed by atoms with E-state index in [2.05, 4.69) is 101 Å². The highest BCUT2D eigenvalue weighted by Crippen LogP contribution is 2.40. The predicted molar refractivity (Wildman–Crippen MR) is 501 cm³/mol. The summed E-state index contributed by atoms with van der Waals surface area (Å²) in [7, 11) is 13.1. The lowest BCUT2D eigenvalue weighted by Gasteiger charge is -2.06. The Morgan fingerprint density at radius 2 is 0.667 bits per heavy atom. The van der Waals surface area contributed by atoms with Crippen LogP contribution in [0.1, 0.15) is 104 Å². The van der Waals surface area contributed by atoms with Crippen LogP contribution in [0.25, 0.3) is 0 Å². The molecule has 0 saturated carbocycles. The number of carbonyl (C=O) groups is 9. The number of methoxy groups -OCH3 is 3. The van der Waals surface area contributed by atoms with Gasteiger partial charge in [-0.2, -0.15) is 8.42 Å². The van der Waals surface area contributed by atoms with Gasteiger partial charge in [-0.05, 0) is 106 Å². The molecule has 0 aromatic heterocycles. The van der Waals surface area contributed by atoms with Crippen molar-refractivity contribution in [2.45, 2.75) is 104 Å².